The molecule has 0 spiro atoms. The summed E-state index contributed by atoms with van der Waals surface area (Å²) in [5.74, 6) is 0.818. The number of aryl methyl sites for hydroxylation is 2. The van der Waals surface area contributed by atoms with Gasteiger partial charge in [0.2, 0.25) is 0 Å². The largest absolute Gasteiger partial charge is 0.493 e. The summed E-state index contributed by atoms with van der Waals surface area (Å²) in [5, 5.41) is 10.6. The van der Waals surface area contributed by atoms with Crippen molar-refractivity contribution in [1.82, 2.24) is 0 Å². The number of aliphatic hydroxyl groups is 1. The lowest BCUT2D eigenvalue weighted by Crippen LogP contribution is -1.99. The summed E-state index contributed by atoms with van der Waals surface area (Å²) >= 11 is 5.28. The maximum absolute atomic E-state index is 10.6. The Morgan fingerprint density at radius 1 is 1.29 bits per heavy atom. The minimum Gasteiger partial charge on any atom is -0.493 e. The van der Waals surface area contributed by atoms with Gasteiger partial charge in [-0.05, 0) is 77.9 Å². The molecule has 1 aromatic heterocycles. The third kappa shape index (κ3) is 3.17. The fourth-order valence-corrected chi connectivity index (χ4v) is 4.56. The Kier molecular flexibility index (Phi) is 4.67. The van der Waals surface area contributed by atoms with Crippen molar-refractivity contribution in [3.05, 3.63) is 49.6 Å². The van der Waals surface area contributed by atoms with Gasteiger partial charge in [0.05, 0.1) is 11.1 Å². The predicted molar refractivity (Wildman–Crippen MR) is 90.3 cm³/mol. The van der Waals surface area contributed by atoms with Crippen LogP contribution in [0, 0.1) is 0 Å². The highest BCUT2D eigenvalue weighted by Gasteiger charge is 2.19. The summed E-state index contributed by atoms with van der Waals surface area (Å²) in [4.78, 5) is 2.51. The van der Waals surface area contributed by atoms with Crippen molar-refractivity contribution >= 4 is 27.3 Å². The zero-order chi connectivity index (χ0) is 14.8. The normalized spacial score (nSPS) is 15.6. The SMILES string of the molecule is CCOc1ccc(C(O)c2cc3c(s2)CCCC3)cc1Br. The topological polar surface area (TPSA) is 29.5 Å². The summed E-state index contributed by atoms with van der Waals surface area (Å²) in [7, 11) is 0. The number of ether oxygens (including phenoxy) is 1. The van der Waals surface area contributed by atoms with E-state index >= 15 is 0 Å². The molecule has 0 saturated carbocycles. The van der Waals surface area contributed by atoms with E-state index in [0.29, 0.717) is 6.61 Å². The molecule has 1 unspecified atom stereocenters. The number of aliphatic hydroxyl groups excluding tert-OH is 1. The van der Waals surface area contributed by atoms with Crippen molar-refractivity contribution in [3.8, 4) is 5.75 Å². The summed E-state index contributed by atoms with van der Waals surface area (Å²) in [6, 6.07) is 8.00. The zero-order valence-electron chi connectivity index (χ0n) is 12.1. The number of hydrogen-bond acceptors (Lipinski definition) is 3. The highest BCUT2D eigenvalue weighted by atomic mass is 79.9. The second-order valence-corrected chi connectivity index (χ2v) is 7.35. The summed E-state index contributed by atoms with van der Waals surface area (Å²) in [6.45, 7) is 2.60. The number of fused-ring (bicyclic) bond motifs is 1. The minimum absolute atomic E-state index is 0.549. The maximum Gasteiger partial charge on any atom is 0.133 e. The van der Waals surface area contributed by atoms with Crippen molar-refractivity contribution in [2.75, 3.05) is 6.61 Å². The summed E-state index contributed by atoms with van der Waals surface area (Å²) in [5.41, 5.74) is 2.34. The second-order valence-electron chi connectivity index (χ2n) is 5.33. The summed E-state index contributed by atoms with van der Waals surface area (Å²) in [6.07, 6.45) is 4.32. The van der Waals surface area contributed by atoms with Crippen LogP contribution in [-0.4, -0.2) is 11.7 Å². The van der Waals surface area contributed by atoms with Crippen LogP contribution in [0.3, 0.4) is 0 Å². The highest BCUT2D eigenvalue weighted by molar-refractivity contribution is 9.10. The average Bonchev–Trinajstić information content (AvgIpc) is 2.92. The van der Waals surface area contributed by atoms with Crippen LogP contribution in [0.4, 0.5) is 0 Å². The molecule has 0 fully saturated rings. The van der Waals surface area contributed by atoms with Crippen LogP contribution in [0.2, 0.25) is 0 Å². The van der Waals surface area contributed by atoms with Gasteiger partial charge in [-0.15, -0.1) is 11.3 Å². The maximum atomic E-state index is 10.6. The quantitative estimate of drug-likeness (QED) is 0.836. The molecule has 3 rings (SSSR count). The Morgan fingerprint density at radius 2 is 2.10 bits per heavy atom. The van der Waals surface area contributed by atoms with Crippen LogP contribution < -0.4 is 4.74 Å². The molecule has 0 saturated heterocycles. The van der Waals surface area contributed by atoms with Crippen LogP contribution in [-0.2, 0) is 12.8 Å². The summed E-state index contributed by atoms with van der Waals surface area (Å²) < 4.78 is 6.41. The van der Waals surface area contributed by atoms with Gasteiger partial charge in [0, 0.05) is 9.75 Å². The third-order valence-corrected chi connectivity index (χ3v) is 5.77. The molecule has 2 aromatic rings. The zero-order valence-corrected chi connectivity index (χ0v) is 14.5. The lowest BCUT2D eigenvalue weighted by molar-refractivity contribution is 0.224. The average molecular weight is 367 g/mol. The van der Waals surface area contributed by atoms with E-state index in [2.05, 4.69) is 22.0 Å². The van der Waals surface area contributed by atoms with Gasteiger partial charge < -0.3 is 9.84 Å². The molecule has 112 valence electrons. The number of rotatable bonds is 4. The fourth-order valence-electron chi connectivity index (χ4n) is 2.77. The van der Waals surface area contributed by atoms with Crippen molar-refractivity contribution in [3.63, 3.8) is 0 Å². The molecule has 2 nitrogen and oxygen atoms in total. The monoisotopic (exact) mass is 366 g/mol. The first-order valence-corrected chi connectivity index (χ1v) is 9.01. The van der Waals surface area contributed by atoms with Crippen LogP contribution in [0.5, 0.6) is 5.75 Å². The fraction of sp³-hybridized carbons (Fsp3) is 0.412. The first-order chi connectivity index (χ1) is 10.2. The van der Waals surface area contributed by atoms with Crippen molar-refractivity contribution in [2.45, 2.75) is 38.7 Å². The van der Waals surface area contributed by atoms with E-state index < -0.39 is 6.10 Å². The van der Waals surface area contributed by atoms with E-state index in [1.54, 1.807) is 11.3 Å². The van der Waals surface area contributed by atoms with E-state index in [1.165, 1.54) is 29.7 Å². The number of halogens is 1. The lowest BCUT2D eigenvalue weighted by atomic mass is 9.98. The van der Waals surface area contributed by atoms with E-state index in [-0.39, 0.29) is 0 Å². The van der Waals surface area contributed by atoms with Gasteiger partial charge >= 0.3 is 0 Å². The molecule has 0 aliphatic heterocycles. The van der Waals surface area contributed by atoms with Gasteiger partial charge in [-0.1, -0.05) is 6.07 Å². The number of hydrogen-bond donors (Lipinski definition) is 1. The first-order valence-electron chi connectivity index (χ1n) is 7.41. The van der Waals surface area contributed by atoms with Crippen molar-refractivity contribution in [2.24, 2.45) is 0 Å². The number of benzene rings is 1. The van der Waals surface area contributed by atoms with E-state index in [9.17, 15) is 5.11 Å². The molecule has 1 aromatic carbocycles. The third-order valence-electron chi connectivity index (χ3n) is 3.86. The molecular weight excluding hydrogens is 348 g/mol. The highest BCUT2D eigenvalue weighted by Crippen LogP contribution is 2.37. The Hall–Kier alpha value is -0.840. The van der Waals surface area contributed by atoms with Crippen molar-refractivity contribution < 1.29 is 9.84 Å². The van der Waals surface area contributed by atoms with E-state index in [4.69, 9.17) is 4.74 Å². The smallest absolute Gasteiger partial charge is 0.133 e. The minimum atomic E-state index is -0.549. The first kappa shape index (κ1) is 15.1. The molecule has 1 aliphatic carbocycles. The van der Waals surface area contributed by atoms with Gasteiger partial charge in [-0.25, -0.2) is 0 Å². The molecule has 1 atom stereocenters. The Bertz CT molecular complexity index is 612. The standard InChI is InChI=1S/C17H19BrO2S/c1-2-20-14-8-7-12(9-13(14)18)17(19)16-10-11-5-3-4-6-15(11)21-16/h7-10,17,19H,2-6H2,1H3. The molecule has 0 bridgehead atoms. The molecule has 1 aliphatic rings. The molecule has 4 heteroatoms. The Labute approximate surface area is 137 Å². The molecule has 1 heterocycles. The van der Waals surface area contributed by atoms with Gasteiger partial charge in [-0.2, -0.15) is 0 Å². The van der Waals surface area contributed by atoms with Crippen LogP contribution in [0.25, 0.3) is 0 Å². The van der Waals surface area contributed by atoms with Gasteiger partial charge in [-0.3, -0.25) is 0 Å². The molecular formula is C17H19BrO2S. The lowest BCUT2D eigenvalue weighted by Gasteiger charge is -2.12. The van der Waals surface area contributed by atoms with Gasteiger partial charge in [0.15, 0.2) is 0 Å². The molecule has 0 amide bonds. The molecule has 1 N–H and O–H groups in total. The second kappa shape index (κ2) is 6.51. The number of thiophene rings is 1. The molecule has 0 radical (unpaired) electrons. The predicted octanol–water partition coefficient (Wildman–Crippen LogP) is 4.87. The van der Waals surface area contributed by atoms with Gasteiger partial charge in [0.25, 0.3) is 0 Å². The van der Waals surface area contributed by atoms with Gasteiger partial charge in [0.1, 0.15) is 11.9 Å². The Balaban J connectivity index is 1.86. The van der Waals surface area contributed by atoms with Crippen LogP contribution in [0.15, 0.2) is 28.7 Å². The van der Waals surface area contributed by atoms with Crippen LogP contribution in [0.1, 0.15) is 46.8 Å². The van der Waals surface area contributed by atoms with Crippen molar-refractivity contribution in [1.29, 1.82) is 0 Å². The Morgan fingerprint density at radius 3 is 2.81 bits per heavy atom. The van der Waals surface area contributed by atoms with Crippen LogP contribution >= 0.6 is 27.3 Å². The molecule has 21 heavy (non-hydrogen) atoms. The van der Waals surface area contributed by atoms with E-state index in [1.807, 2.05) is 25.1 Å². The van der Waals surface area contributed by atoms with E-state index in [0.717, 1.165) is 27.1 Å².